The van der Waals surface area contributed by atoms with E-state index in [4.69, 9.17) is 5.73 Å². The molecule has 1 aromatic carbocycles. The number of hydrogen-bond donors (Lipinski definition) is 2. The molecule has 1 atom stereocenters. The molecule has 0 aliphatic carbocycles. The second-order valence-electron chi connectivity index (χ2n) is 4.80. The Labute approximate surface area is 97.9 Å². The lowest BCUT2D eigenvalue weighted by molar-refractivity contribution is 0.121. The van der Waals surface area contributed by atoms with Crippen molar-refractivity contribution in [1.82, 2.24) is 4.90 Å². The molecular formula is C13H22N2O. The zero-order valence-electron chi connectivity index (χ0n) is 10.4. The average molecular weight is 222 g/mol. The van der Waals surface area contributed by atoms with Gasteiger partial charge in [-0.25, -0.2) is 0 Å². The van der Waals surface area contributed by atoms with Crippen LogP contribution in [0.25, 0.3) is 0 Å². The first-order valence-electron chi connectivity index (χ1n) is 5.71. The van der Waals surface area contributed by atoms with Gasteiger partial charge in [-0.1, -0.05) is 26.0 Å². The molecular weight excluding hydrogens is 200 g/mol. The number of nitrogens with zero attached hydrogens (tertiary/aromatic N) is 1. The van der Waals surface area contributed by atoms with Gasteiger partial charge in [-0.2, -0.15) is 0 Å². The SMILES string of the molecule is CC(C)CN(C)CC(O)c1cccc(N)c1. The summed E-state index contributed by atoms with van der Waals surface area (Å²) in [5, 5.41) is 10.0. The predicted octanol–water partition coefficient (Wildman–Crippen LogP) is 1.89. The number of aliphatic hydroxyl groups excluding tert-OH is 1. The Kier molecular flexibility index (Phi) is 4.77. The third-order valence-electron chi connectivity index (χ3n) is 2.46. The molecule has 0 saturated carbocycles. The Balaban J connectivity index is 2.55. The lowest BCUT2D eigenvalue weighted by Crippen LogP contribution is -2.28. The first-order chi connectivity index (χ1) is 7.49. The Hall–Kier alpha value is -1.06. The summed E-state index contributed by atoms with van der Waals surface area (Å²) >= 11 is 0. The van der Waals surface area contributed by atoms with Crippen LogP contribution in [0, 0.1) is 5.92 Å². The topological polar surface area (TPSA) is 49.5 Å². The molecule has 0 amide bonds. The highest BCUT2D eigenvalue weighted by molar-refractivity contribution is 5.41. The first-order valence-corrected chi connectivity index (χ1v) is 5.71. The van der Waals surface area contributed by atoms with Crippen molar-refractivity contribution in [2.24, 2.45) is 5.92 Å². The average Bonchev–Trinajstić information content (AvgIpc) is 2.16. The van der Waals surface area contributed by atoms with Crippen molar-refractivity contribution < 1.29 is 5.11 Å². The summed E-state index contributed by atoms with van der Waals surface area (Å²) in [7, 11) is 2.02. The molecule has 0 radical (unpaired) electrons. The van der Waals surface area contributed by atoms with E-state index in [0.717, 1.165) is 12.1 Å². The van der Waals surface area contributed by atoms with E-state index in [1.807, 2.05) is 31.3 Å². The molecule has 0 aliphatic heterocycles. The minimum absolute atomic E-state index is 0.466. The Bertz CT molecular complexity index is 325. The van der Waals surface area contributed by atoms with Crippen LogP contribution in [0.1, 0.15) is 25.5 Å². The molecule has 3 heteroatoms. The molecule has 0 fully saturated rings. The maximum absolute atomic E-state index is 10.0. The fourth-order valence-electron chi connectivity index (χ4n) is 1.86. The zero-order chi connectivity index (χ0) is 12.1. The lowest BCUT2D eigenvalue weighted by Gasteiger charge is -2.22. The zero-order valence-corrected chi connectivity index (χ0v) is 10.4. The monoisotopic (exact) mass is 222 g/mol. The third-order valence-corrected chi connectivity index (χ3v) is 2.46. The summed E-state index contributed by atoms with van der Waals surface area (Å²) in [6.45, 7) is 5.97. The van der Waals surface area contributed by atoms with E-state index >= 15 is 0 Å². The van der Waals surface area contributed by atoms with Gasteiger partial charge in [0.25, 0.3) is 0 Å². The molecule has 16 heavy (non-hydrogen) atoms. The molecule has 1 rings (SSSR count). The highest BCUT2D eigenvalue weighted by atomic mass is 16.3. The van der Waals surface area contributed by atoms with Gasteiger partial charge in [0.2, 0.25) is 0 Å². The summed E-state index contributed by atoms with van der Waals surface area (Å²) < 4.78 is 0. The van der Waals surface area contributed by atoms with E-state index in [9.17, 15) is 5.11 Å². The molecule has 0 aromatic heterocycles. The van der Waals surface area contributed by atoms with Crippen molar-refractivity contribution in [3.63, 3.8) is 0 Å². The van der Waals surface area contributed by atoms with Crippen molar-refractivity contribution in [2.75, 3.05) is 25.9 Å². The molecule has 0 heterocycles. The van der Waals surface area contributed by atoms with Gasteiger partial charge in [0.15, 0.2) is 0 Å². The van der Waals surface area contributed by atoms with Crippen LogP contribution in [0.4, 0.5) is 5.69 Å². The lowest BCUT2D eigenvalue weighted by atomic mass is 10.1. The molecule has 0 saturated heterocycles. The van der Waals surface area contributed by atoms with Crippen LogP contribution in [0.15, 0.2) is 24.3 Å². The van der Waals surface area contributed by atoms with Crippen LogP contribution in [0.5, 0.6) is 0 Å². The standard InChI is InChI=1S/C13H22N2O/c1-10(2)8-15(3)9-13(16)11-5-4-6-12(14)7-11/h4-7,10,13,16H,8-9,14H2,1-3H3. The predicted molar refractivity (Wildman–Crippen MR) is 68.1 cm³/mol. The summed E-state index contributed by atoms with van der Waals surface area (Å²) in [4.78, 5) is 2.14. The van der Waals surface area contributed by atoms with Gasteiger partial charge in [-0.3, -0.25) is 0 Å². The van der Waals surface area contributed by atoms with Crippen molar-refractivity contribution in [3.05, 3.63) is 29.8 Å². The van der Waals surface area contributed by atoms with E-state index in [-0.39, 0.29) is 0 Å². The van der Waals surface area contributed by atoms with Gasteiger partial charge in [-0.15, -0.1) is 0 Å². The summed E-state index contributed by atoms with van der Waals surface area (Å²) in [6, 6.07) is 7.43. The van der Waals surface area contributed by atoms with Gasteiger partial charge in [-0.05, 0) is 30.7 Å². The van der Waals surface area contributed by atoms with Crippen LogP contribution in [-0.4, -0.2) is 30.1 Å². The normalized spacial score (nSPS) is 13.4. The fourth-order valence-corrected chi connectivity index (χ4v) is 1.86. The number of nitrogen functional groups attached to an aromatic ring is 1. The van der Waals surface area contributed by atoms with Gasteiger partial charge in [0, 0.05) is 18.8 Å². The number of nitrogens with two attached hydrogens (primary N) is 1. The van der Waals surface area contributed by atoms with Crippen molar-refractivity contribution in [3.8, 4) is 0 Å². The van der Waals surface area contributed by atoms with E-state index in [1.54, 1.807) is 0 Å². The number of anilines is 1. The van der Waals surface area contributed by atoms with E-state index in [1.165, 1.54) is 0 Å². The Morgan fingerprint density at radius 3 is 2.56 bits per heavy atom. The van der Waals surface area contributed by atoms with Crippen LogP contribution >= 0.6 is 0 Å². The molecule has 3 N–H and O–H groups in total. The molecule has 0 bridgehead atoms. The van der Waals surface area contributed by atoms with Gasteiger partial charge >= 0.3 is 0 Å². The highest BCUT2D eigenvalue weighted by Crippen LogP contribution is 2.16. The molecule has 1 aromatic rings. The smallest absolute Gasteiger partial charge is 0.0917 e. The van der Waals surface area contributed by atoms with E-state index < -0.39 is 6.10 Å². The van der Waals surface area contributed by atoms with E-state index in [0.29, 0.717) is 18.2 Å². The van der Waals surface area contributed by atoms with Crippen molar-refractivity contribution in [2.45, 2.75) is 20.0 Å². The Morgan fingerprint density at radius 2 is 2.00 bits per heavy atom. The summed E-state index contributed by atoms with van der Waals surface area (Å²) in [6.07, 6.45) is -0.466. The van der Waals surface area contributed by atoms with Crippen LogP contribution in [0.2, 0.25) is 0 Å². The van der Waals surface area contributed by atoms with Gasteiger partial charge in [0.1, 0.15) is 0 Å². The molecule has 1 unspecified atom stereocenters. The maximum atomic E-state index is 10.0. The third kappa shape index (κ3) is 4.21. The van der Waals surface area contributed by atoms with Gasteiger partial charge in [0.05, 0.1) is 6.10 Å². The quantitative estimate of drug-likeness (QED) is 0.748. The maximum Gasteiger partial charge on any atom is 0.0917 e. The minimum atomic E-state index is -0.466. The molecule has 0 aliphatic rings. The van der Waals surface area contributed by atoms with Crippen LogP contribution in [0.3, 0.4) is 0 Å². The van der Waals surface area contributed by atoms with Crippen molar-refractivity contribution >= 4 is 5.69 Å². The largest absolute Gasteiger partial charge is 0.399 e. The molecule has 3 nitrogen and oxygen atoms in total. The second-order valence-corrected chi connectivity index (χ2v) is 4.80. The number of likely N-dealkylation sites (N-methyl/N-ethyl adjacent to an activating group) is 1. The van der Waals surface area contributed by atoms with Crippen LogP contribution in [-0.2, 0) is 0 Å². The minimum Gasteiger partial charge on any atom is -0.399 e. The van der Waals surface area contributed by atoms with Crippen LogP contribution < -0.4 is 5.73 Å². The highest BCUT2D eigenvalue weighted by Gasteiger charge is 2.11. The van der Waals surface area contributed by atoms with Crippen molar-refractivity contribution in [1.29, 1.82) is 0 Å². The fraction of sp³-hybridized carbons (Fsp3) is 0.538. The summed E-state index contributed by atoms with van der Waals surface area (Å²) in [5.41, 5.74) is 7.27. The Morgan fingerprint density at radius 1 is 1.31 bits per heavy atom. The van der Waals surface area contributed by atoms with E-state index in [2.05, 4.69) is 18.7 Å². The molecule has 90 valence electrons. The van der Waals surface area contributed by atoms with Gasteiger partial charge < -0.3 is 15.7 Å². The molecule has 0 spiro atoms. The number of rotatable bonds is 5. The second kappa shape index (κ2) is 5.87. The first kappa shape index (κ1) is 13.0. The summed E-state index contributed by atoms with van der Waals surface area (Å²) in [5.74, 6) is 0.609. The number of benzene rings is 1. The number of aliphatic hydroxyl groups is 1. The number of hydrogen-bond acceptors (Lipinski definition) is 3.